The SMILES string of the molecule is NNc1c(NCCc2ccccc2)ncnc1NC1CC(O)C(CO)C1. The van der Waals surface area contributed by atoms with Crippen LogP contribution >= 0.6 is 0 Å². The van der Waals surface area contributed by atoms with Gasteiger partial charge >= 0.3 is 0 Å². The van der Waals surface area contributed by atoms with Gasteiger partial charge in [-0.25, -0.2) is 9.97 Å². The van der Waals surface area contributed by atoms with Gasteiger partial charge in [-0.1, -0.05) is 30.3 Å². The number of nitrogens with zero attached hydrogens (tertiary/aromatic N) is 2. The summed E-state index contributed by atoms with van der Waals surface area (Å²) in [6.07, 6.45) is 3.09. The third-order valence-corrected chi connectivity index (χ3v) is 4.77. The number of aromatic nitrogens is 2. The van der Waals surface area contributed by atoms with Crippen LogP contribution in [0.2, 0.25) is 0 Å². The van der Waals surface area contributed by atoms with Crippen molar-refractivity contribution in [2.75, 3.05) is 29.2 Å². The highest BCUT2D eigenvalue weighted by atomic mass is 16.3. The van der Waals surface area contributed by atoms with Crippen LogP contribution < -0.4 is 21.9 Å². The summed E-state index contributed by atoms with van der Waals surface area (Å²) in [5.74, 6) is 6.79. The first-order valence-electron chi connectivity index (χ1n) is 8.86. The van der Waals surface area contributed by atoms with Gasteiger partial charge in [0.2, 0.25) is 0 Å². The number of hydrogen-bond acceptors (Lipinski definition) is 8. The molecule has 3 rings (SSSR count). The molecule has 1 aromatic carbocycles. The van der Waals surface area contributed by atoms with Crippen LogP contribution in [0, 0.1) is 5.92 Å². The van der Waals surface area contributed by atoms with Crippen molar-refractivity contribution >= 4 is 17.3 Å². The molecule has 1 heterocycles. The van der Waals surface area contributed by atoms with E-state index >= 15 is 0 Å². The molecule has 0 radical (unpaired) electrons. The number of nitrogen functional groups attached to an aromatic ring is 1. The number of nitrogens with one attached hydrogen (secondary N) is 3. The van der Waals surface area contributed by atoms with Crippen LogP contribution in [0.25, 0.3) is 0 Å². The third kappa shape index (κ3) is 4.40. The molecule has 7 N–H and O–H groups in total. The second-order valence-electron chi connectivity index (χ2n) is 6.58. The van der Waals surface area contributed by atoms with Crippen LogP contribution in [0.1, 0.15) is 18.4 Å². The number of anilines is 3. The Labute approximate surface area is 152 Å². The van der Waals surface area contributed by atoms with Crippen molar-refractivity contribution in [2.45, 2.75) is 31.4 Å². The lowest BCUT2D eigenvalue weighted by Crippen LogP contribution is -2.21. The highest BCUT2D eigenvalue weighted by molar-refractivity contribution is 5.76. The number of aliphatic hydroxyl groups excluding tert-OH is 2. The zero-order valence-electron chi connectivity index (χ0n) is 14.6. The smallest absolute Gasteiger partial charge is 0.156 e. The molecule has 1 aliphatic carbocycles. The van der Waals surface area contributed by atoms with E-state index in [1.54, 1.807) is 0 Å². The molecule has 0 amide bonds. The molecule has 1 aromatic heterocycles. The molecular weight excluding hydrogens is 332 g/mol. The zero-order valence-corrected chi connectivity index (χ0v) is 14.6. The van der Waals surface area contributed by atoms with Crippen LogP contribution in [0.15, 0.2) is 36.7 Å². The average Bonchev–Trinajstić information content (AvgIpc) is 3.02. The van der Waals surface area contributed by atoms with Crippen molar-refractivity contribution in [1.29, 1.82) is 0 Å². The summed E-state index contributed by atoms with van der Waals surface area (Å²) in [6, 6.07) is 10.2. The van der Waals surface area contributed by atoms with E-state index in [9.17, 15) is 10.2 Å². The van der Waals surface area contributed by atoms with Crippen LogP contribution in [0.4, 0.5) is 17.3 Å². The molecule has 0 aliphatic heterocycles. The average molecular weight is 358 g/mol. The van der Waals surface area contributed by atoms with Crippen molar-refractivity contribution in [3.8, 4) is 0 Å². The van der Waals surface area contributed by atoms with E-state index < -0.39 is 6.10 Å². The summed E-state index contributed by atoms with van der Waals surface area (Å²) in [5, 5.41) is 25.8. The topological polar surface area (TPSA) is 128 Å². The molecule has 0 bridgehead atoms. The molecule has 140 valence electrons. The molecule has 3 atom stereocenters. The van der Waals surface area contributed by atoms with E-state index in [-0.39, 0.29) is 18.6 Å². The molecule has 3 unspecified atom stereocenters. The molecular formula is C18H26N6O2. The Kier molecular flexibility index (Phi) is 6.21. The summed E-state index contributed by atoms with van der Waals surface area (Å²) in [5.41, 5.74) is 4.49. The molecule has 8 nitrogen and oxygen atoms in total. The van der Waals surface area contributed by atoms with Crippen LogP contribution in [0.3, 0.4) is 0 Å². The summed E-state index contributed by atoms with van der Waals surface area (Å²) in [7, 11) is 0. The fourth-order valence-corrected chi connectivity index (χ4v) is 3.35. The number of nitrogens with two attached hydrogens (primary N) is 1. The normalized spacial score (nSPS) is 22.2. The molecule has 1 fully saturated rings. The summed E-state index contributed by atoms with van der Waals surface area (Å²) in [4.78, 5) is 8.53. The minimum atomic E-state index is -0.503. The van der Waals surface area contributed by atoms with Gasteiger partial charge in [-0.15, -0.1) is 0 Å². The van der Waals surface area contributed by atoms with Crippen LogP contribution in [-0.4, -0.2) is 45.5 Å². The van der Waals surface area contributed by atoms with E-state index in [0.29, 0.717) is 36.7 Å². The monoisotopic (exact) mass is 358 g/mol. The Morgan fingerprint density at radius 1 is 1.12 bits per heavy atom. The predicted octanol–water partition coefficient (Wildman–Crippen LogP) is 0.960. The van der Waals surface area contributed by atoms with Gasteiger partial charge < -0.3 is 26.3 Å². The van der Waals surface area contributed by atoms with E-state index in [2.05, 4.69) is 38.2 Å². The Morgan fingerprint density at radius 3 is 2.58 bits per heavy atom. The second kappa shape index (κ2) is 8.79. The van der Waals surface area contributed by atoms with Crippen molar-refractivity contribution in [3.63, 3.8) is 0 Å². The van der Waals surface area contributed by atoms with Gasteiger partial charge in [0.25, 0.3) is 0 Å². The first-order chi connectivity index (χ1) is 12.7. The highest BCUT2D eigenvalue weighted by Gasteiger charge is 2.33. The fraction of sp³-hybridized carbons (Fsp3) is 0.444. The van der Waals surface area contributed by atoms with Crippen LogP contribution in [-0.2, 0) is 6.42 Å². The lowest BCUT2D eigenvalue weighted by atomic mass is 10.1. The van der Waals surface area contributed by atoms with Crippen molar-refractivity contribution in [2.24, 2.45) is 11.8 Å². The third-order valence-electron chi connectivity index (χ3n) is 4.77. The molecule has 0 saturated heterocycles. The van der Waals surface area contributed by atoms with Crippen molar-refractivity contribution < 1.29 is 10.2 Å². The fourth-order valence-electron chi connectivity index (χ4n) is 3.35. The summed E-state index contributed by atoms with van der Waals surface area (Å²) < 4.78 is 0. The van der Waals surface area contributed by atoms with Gasteiger partial charge in [-0.05, 0) is 24.8 Å². The Hall–Kier alpha value is -2.42. The Morgan fingerprint density at radius 2 is 1.88 bits per heavy atom. The highest BCUT2D eigenvalue weighted by Crippen LogP contribution is 2.31. The maximum Gasteiger partial charge on any atom is 0.156 e. The number of rotatable bonds is 8. The largest absolute Gasteiger partial charge is 0.396 e. The molecule has 26 heavy (non-hydrogen) atoms. The van der Waals surface area contributed by atoms with E-state index in [1.807, 2.05) is 18.2 Å². The molecule has 1 saturated carbocycles. The van der Waals surface area contributed by atoms with E-state index in [4.69, 9.17) is 5.84 Å². The first kappa shape index (κ1) is 18.4. The standard InChI is InChI=1S/C18H26N6O2/c19-24-16-17(20-7-6-12-4-2-1-3-5-12)21-11-22-18(16)23-14-8-13(10-25)15(26)9-14/h1-5,11,13-15,24-26H,6-10,19H2,(H2,20,21,22,23). The molecule has 2 aromatic rings. The van der Waals surface area contributed by atoms with Gasteiger partial charge in [0.05, 0.1) is 6.10 Å². The number of benzene rings is 1. The molecule has 0 spiro atoms. The number of aliphatic hydroxyl groups is 2. The minimum absolute atomic E-state index is 0.0165. The van der Waals surface area contributed by atoms with Crippen LogP contribution in [0.5, 0.6) is 0 Å². The lowest BCUT2D eigenvalue weighted by molar-refractivity contribution is 0.0908. The first-order valence-corrected chi connectivity index (χ1v) is 8.86. The number of hydrazine groups is 1. The summed E-state index contributed by atoms with van der Waals surface area (Å²) in [6.45, 7) is 0.696. The van der Waals surface area contributed by atoms with E-state index in [1.165, 1.54) is 11.9 Å². The second-order valence-corrected chi connectivity index (χ2v) is 6.58. The Bertz CT molecular complexity index is 699. The quantitative estimate of drug-likeness (QED) is 0.304. The van der Waals surface area contributed by atoms with Gasteiger partial charge in [-0.3, -0.25) is 5.84 Å². The lowest BCUT2D eigenvalue weighted by Gasteiger charge is -2.18. The molecule has 1 aliphatic rings. The summed E-state index contributed by atoms with van der Waals surface area (Å²) >= 11 is 0. The van der Waals surface area contributed by atoms with Gasteiger partial charge in [0.15, 0.2) is 11.6 Å². The van der Waals surface area contributed by atoms with Gasteiger partial charge in [-0.2, -0.15) is 0 Å². The predicted molar refractivity (Wildman–Crippen MR) is 102 cm³/mol. The Balaban J connectivity index is 1.63. The zero-order chi connectivity index (χ0) is 18.4. The number of hydrogen-bond donors (Lipinski definition) is 6. The van der Waals surface area contributed by atoms with Crippen molar-refractivity contribution in [3.05, 3.63) is 42.2 Å². The minimum Gasteiger partial charge on any atom is -0.396 e. The van der Waals surface area contributed by atoms with Gasteiger partial charge in [0, 0.05) is 25.1 Å². The van der Waals surface area contributed by atoms with E-state index in [0.717, 1.165) is 6.42 Å². The van der Waals surface area contributed by atoms with Gasteiger partial charge in [0.1, 0.15) is 12.0 Å². The maximum atomic E-state index is 9.96. The van der Waals surface area contributed by atoms with Crippen molar-refractivity contribution in [1.82, 2.24) is 9.97 Å². The maximum absolute atomic E-state index is 9.96. The molecule has 8 heteroatoms.